The number of hydrogen-bond acceptors (Lipinski definition) is 5. The molecular formula is C14H16BrFN2O3S. The van der Waals surface area contributed by atoms with Crippen molar-refractivity contribution in [3.05, 3.63) is 45.8 Å². The van der Waals surface area contributed by atoms with Gasteiger partial charge in [-0.3, -0.25) is 0 Å². The molecule has 0 spiro atoms. The Balaban J connectivity index is 2.22. The molecule has 0 radical (unpaired) electrons. The first-order valence-corrected chi connectivity index (χ1v) is 9.20. The van der Waals surface area contributed by atoms with Gasteiger partial charge in [-0.15, -0.1) is 0 Å². The van der Waals surface area contributed by atoms with Gasteiger partial charge in [0.05, 0.1) is 10.2 Å². The Kier molecular flexibility index (Phi) is 5.01. The highest BCUT2D eigenvalue weighted by atomic mass is 79.9. The van der Waals surface area contributed by atoms with Crippen LogP contribution in [0.3, 0.4) is 0 Å². The Labute approximate surface area is 137 Å². The average molecular weight is 391 g/mol. The summed E-state index contributed by atoms with van der Waals surface area (Å²) in [6.07, 6.45) is 0. The molecule has 0 aliphatic rings. The summed E-state index contributed by atoms with van der Waals surface area (Å²) >= 11 is 3.04. The van der Waals surface area contributed by atoms with E-state index in [-0.39, 0.29) is 22.0 Å². The Hall–Kier alpha value is -1.28. The van der Waals surface area contributed by atoms with Crippen LogP contribution in [0.1, 0.15) is 49.2 Å². The first-order valence-electron chi connectivity index (χ1n) is 6.69. The molecule has 0 amide bonds. The molecule has 0 bridgehead atoms. The van der Waals surface area contributed by atoms with Gasteiger partial charge in [0.1, 0.15) is 11.1 Å². The molecule has 0 fully saturated rings. The largest absolute Gasteiger partial charge is 0.338 e. The van der Waals surface area contributed by atoms with Crippen molar-refractivity contribution in [3.8, 4) is 0 Å². The Morgan fingerprint density at radius 1 is 1.32 bits per heavy atom. The van der Waals surface area contributed by atoms with E-state index in [2.05, 4.69) is 26.1 Å². The van der Waals surface area contributed by atoms with E-state index < -0.39 is 20.9 Å². The fourth-order valence-corrected chi connectivity index (χ4v) is 3.51. The van der Waals surface area contributed by atoms with E-state index in [0.29, 0.717) is 11.4 Å². The quantitative estimate of drug-likeness (QED) is 0.776. The molecule has 8 heteroatoms. The Bertz CT molecular complexity index is 774. The first kappa shape index (κ1) is 17.1. The van der Waals surface area contributed by atoms with Gasteiger partial charge in [0.2, 0.25) is 5.89 Å². The fourth-order valence-electron chi connectivity index (χ4n) is 1.79. The molecule has 22 heavy (non-hydrogen) atoms. The number of rotatable bonds is 5. The molecule has 0 unspecified atom stereocenters. The average Bonchev–Trinajstić information content (AvgIpc) is 2.91. The predicted molar refractivity (Wildman–Crippen MR) is 83.5 cm³/mol. The number of hydrogen-bond donors (Lipinski definition) is 0. The lowest BCUT2D eigenvalue weighted by atomic mass is 10.2. The van der Waals surface area contributed by atoms with Crippen molar-refractivity contribution in [3.63, 3.8) is 0 Å². The lowest BCUT2D eigenvalue weighted by molar-refractivity contribution is 0.369. The van der Waals surface area contributed by atoms with Gasteiger partial charge < -0.3 is 4.52 Å². The number of aromatic nitrogens is 2. The minimum absolute atomic E-state index is 0.0560. The van der Waals surface area contributed by atoms with Crippen molar-refractivity contribution in [2.24, 2.45) is 0 Å². The summed E-state index contributed by atoms with van der Waals surface area (Å²) in [6.45, 7) is 5.29. The van der Waals surface area contributed by atoms with Gasteiger partial charge in [-0.2, -0.15) is 4.98 Å². The molecule has 1 heterocycles. The summed E-state index contributed by atoms with van der Waals surface area (Å²) in [5.41, 5.74) is 0.490. The molecule has 120 valence electrons. The van der Waals surface area contributed by atoms with Crippen LogP contribution in [0.4, 0.5) is 4.39 Å². The van der Waals surface area contributed by atoms with Crippen LogP contribution in [0.25, 0.3) is 0 Å². The molecule has 2 rings (SSSR count). The Morgan fingerprint density at radius 2 is 2.00 bits per heavy atom. The topological polar surface area (TPSA) is 73.1 Å². The molecule has 1 aromatic carbocycles. The normalized spacial score (nSPS) is 13.5. The van der Waals surface area contributed by atoms with Crippen molar-refractivity contribution in [1.29, 1.82) is 0 Å². The summed E-state index contributed by atoms with van der Waals surface area (Å²) < 4.78 is 43.4. The first-order chi connectivity index (χ1) is 10.2. The minimum Gasteiger partial charge on any atom is -0.338 e. The predicted octanol–water partition coefficient (Wildman–Crippen LogP) is 3.77. The van der Waals surface area contributed by atoms with Gasteiger partial charge >= 0.3 is 0 Å². The molecule has 0 saturated carbocycles. The highest BCUT2D eigenvalue weighted by molar-refractivity contribution is 9.10. The third-order valence-electron chi connectivity index (χ3n) is 3.21. The van der Waals surface area contributed by atoms with Gasteiger partial charge in [-0.25, -0.2) is 12.8 Å². The van der Waals surface area contributed by atoms with E-state index in [0.717, 1.165) is 0 Å². The van der Waals surface area contributed by atoms with Crippen molar-refractivity contribution in [2.75, 3.05) is 0 Å². The third kappa shape index (κ3) is 3.73. The van der Waals surface area contributed by atoms with Gasteiger partial charge in [-0.1, -0.05) is 25.1 Å². The molecule has 1 atom stereocenters. The molecule has 1 aromatic heterocycles. The van der Waals surface area contributed by atoms with Crippen molar-refractivity contribution < 1.29 is 17.3 Å². The molecule has 2 aromatic rings. The van der Waals surface area contributed by atoms with Crippen LogP contribution < -0.4 is 0 Å². The highest BCUT2D eigenvalue weighted by Gasteiger charge is 2.28. The maximum absolute atomic E-state index is 13.2. The zero-order chi connectivity index (χ0) is 16.5. The molecule has 5 nitrogen and oxygen atoms in total. The zero-order valence-corrected chi connectivity index (χ0v) is 14.8. The summed E-state index contributed by atoms with van der Waals surface area (Å²) in [5, 5.41) is 2.86. The van der Waals surface area contributed by atoms with Crippen LogP contribution in [0.15, 0.2) is 27.2 Å². The van der Waals surface area contributed by atoms with E-state index in [9.17, 15) is 12.8 Å². The maximum atomic E-state index is 13.2. The maximum Gasteiger partial charge on any atom is 0.244 e. The van der Waals surface area contributed by atoms with Crippen LogP contribution in [0.2, 0.25) is 0 Å². The van der Waals surface area contributed by atoms with Crippen LogP contribution >= 0.6 is 15.9 Å². The lowest BCUT2D eigenvalue weighted by Gasteiger charge is -2.09. The Morgan fingerprint density at radius 3 is 2.55 bits per heavy atom. The molecule has 0 aliphatic carbocycles. The van der Waals surface area contributed by atoms with E-state index >= 15 is 0 Å². The van der Waals surface area contributed by atoms with Crippen molar-refractivity contribution in [2.45, 2.75) is 37.7 Å². The van der Waals surface area contributed by atoms with Gasteiger partial charge in [0, 0.05) is 5.92 Å². The molecule has 0 N–H and O–H groups in total. The second kappa shape index (κ2) is 6.45. The monoisotopic (exact) mass is 390 g/mol. The van der Waals surface area contributed by atoms with Crippen LogP contribution in [0.5, 0.6) is 0 Å². The van der Waals surface area contributed by atoms with Gasteiger partial charge in [0.15, 0.2) is 15.7 Å². The second-order valence-corrected chi connectivity index (χ2v) is 8.52. The highest BCUT2D eigenvalue weighted by Crippen LogP contribution is 2.26. The van der Waals surface area contributed by atoms with Crippen molar-refractivity contribution in [1.82, 2.24) is 10.1 Å². The van der Waals surface area contributed by atoms with Gasteiger partial charge in [-0.05, 0) is 40.5 Å². The smallest absolute Gasteiger partial charge is 0.244 e. The third-order valence-corrected chi connectivity index (χ3v) is 5.83. The van der Waals surface area contributed by atoms with Gasteiger partial charge in [0.25, 0.3) is 0 Å². The van der Waals surface area contributed by atoms with E-state index in [1.165, 1.54) is 25.1 Å². The standard InChI is InChI=1S/C14H16BrFN2O3S/c1-8(2)13-17-14(21-18-13)9(3)22(19,20)7-10-4-5-12(16)11(15)6-10/h4-6,8-9H,7H2,1-3H3/t9-/m1/s1. The number of halogens is 2. The van der Waals surface area contributed by atoms with E-state index in [1.54, 1.807) is 0 Å². The van der Waals surface area contributed by atoms with E-state index in [1.807, 2.05) is 13.8 Å². The van der Waals surface area contributed by atoms with Crippen molar-refractivity contribution >= 4 is 25.8 Å². The second-order valence-electron chi connectivity index (χ2n) is 5.34. The summed E-state index contributed by atoms with van der Waals surface area (Å²) in [4.78, 5) is 4.12. The number of benzene rings is 1. The van der Waals surface area contributed by atoms with Crippen LogP contribution in [0, 0.1) is 5.82 Å². The minimum atomic E-state index is -3.55. The summed E-state index contributed by atoms with van der Waals surface area (Å²) in [5.74, 6) is -0.0634. The summed E-state index contributed by atoms with van der Waals surface area (Å²) in [7, 11) is -3.55. The fraction of sp³-hybridized carbons (Fsp3) is 0.429. The summed E-state index contributed by atoms with van der Waals surface area (Å²) in [6, 6.07) is 4.12. The SMILES string of the molecule is CC(C)c1noc([C@@H](C)S(=O)(=O)Cc2ccc(F)c(Br)c2)n1. The lowest BCUT2D eigenvalue weighted by Crippen LogP contribution is -2.13. The number of nitrogens with zero attached hydrogens (tertiary/aromatic N) is 2. The number of sulfone groups is 1. The zero-order valence-electron chi connectivity index (χ0n) is 12.4. The van der Waals surface area contributed by atoms with Crippen LogP contribution in [-0.2, 0) is 15.6 Å². The molecular weight excluding hydrogens is 375 g/mol. The van der Waals surface area contributed by atoms with Crippen LogP contribution in [-0.4, -0.2) is 18.6 Å². The van der Waals surface area contributed by atoms with E-state index in [4.69, 9.17) is 4.52 Å². The molecule has 0 aliphatic heterocycles. The molecule has 0 saturated heterocycles.